The fourth-order valence-electron chi connectivity index (χ4n) is 2.48. The van der Waals surface area contributed by atoms with Crippen molar-refractivity contribution in [2.45, 2.75) is 26.2 Å². The molecule has 0 saturated heterocycles. The molecule has 2 amide bonds. The van der Waals surface area contributed by atoms with E-state index in [1.165, 1.54) is 14.2 Å². The summed E-state index contributed by atoms with van der Waals surface area (Å²) in [7, 11) is 3.03. The lowest BCUT2D eigenvalue weighted by Crippen LogP contribution is -2.14. The van der Waals surface area contributed by atoms with Gasteiger partial charge in [0.15, 0.2) is 0 Å². The summed E-state index contributed by atoms with van der Waals surface area (Å²) >= 11 is 3.36. The largest absolute Gasteiger partial charge is 0.496 e. The summed E-state index contributed by atoms with van der Waals surface area (Å²) in [4.78, 5) is 24.5. The Kier molecular flexibility index (Phi) is 7.67. The van der Waals surface area contributed by atoms with Crippen LogP contribution in [0.3, 0.4) is 0 Å². The molecule has 0 aromatic heterocycles. The van der Waals surface area contributed by atoms with E-state index in [1.54, 1.807) is 36.4 Å². The van der Waals surface area contributed by atoms with Crippen LogP contribution in [0.15, 0.2) is 40.9 Å². The van der Waals surface area contributed by atoms with Crippen molar-refractivity contribution in [3.05, 3.63) is 46.4 Å². The Morgan fingerprint density at radius 3 is 2.41 bits per heavy atom. The van der Waals surface area contributed by atoms with E-state index < -0.39 is 0 Å². The predicted octanol–water partition coefficient (Wildman–Crippen LogP) is 4.85. The Labute approximate surface area is 167 Å². The van der Waals surface area contributed by atoms with Crippen molar-refractivity contribution in [2.24, 2.45) is 0 Å². The van der Waals surface area contributed by atoms with Gasteiger partial charge in [-0.15, -0.1) is 0 Å². The van der Waals surface area contributed by atoms with Crippen LogP contribution in [0.1, 0.15) is 36.5 Å². The molecule has 2 rings (SSSR count). The molecule has 7 heteroatoms. The number of hydrogen-bond acceptors (Lipinski definition) is 4. The molecule has 0 unspecified atom stereocenters. The Morgan fingerprint density at radius 2 is 1.74 bits per heavy atom. The van der Waals surface area contributed by atoms with Gasteiger partial charge in [-0.2, -0.15) is 0 Å². The molecule has 2 aromatic carbocycles. The van der Waals surface area contributed by atoms with Crippen molar-refractivity contribution in [1.82, 2.24) is 0 Å². The third-order valence-electron chi connectivity index (χ3n) is 3.90. The first kappa shape index (κ1) is 20.8. The van der Waals surface area contributed by atoms with Crippen molar-refractivity contribution in [3.63, 3.8) is 0 Å². The van der Waals surface area contributed by atoms with Crippen molar-refractivity contribution < 1.29 is 19.1 Å². The van der Waals surface area contributed by atoms with E-state index in [9.17, 15) is 9.59 Å². The number of amides is 2. The second kappa shape index (κ2) is 9.97. The Balaban J connectivity index is 2.17. The van der Waals surface area contributed by atoms with Crippen molar-refractivity contribution in [3.8, 4) is 11.5 Å². The zero-order valence-electron chi connectivity index (χ0n) is 15.6. The molecule has 0 aliphatic heterocycles. The molecule has 0 aliphatic carbocycles. The first-order valence-electron chi connectivity index (χ1n) is 8.61. The molecule has 0 saturated carbocycles. The summed E-state index contributed by atoms with van der Waals surface area (Å²) in [6.07, 6.45) is 2.24. The number of nitrogens with one attached hydrogen (secondary N) is 2. The number of methoxy groups -OCH3 is 2. The van der Waals surface area contributed by atoms with Crippen LogP contribution in [0.5, 0.6) is 11.5 Å². The number of ether oxygens (including phenoxy) is 2. The average Bonchev–Trinajstić information content (AvgIpc) is 2.67. The molecule has 0 aliphatic rings. The monoisotopic (exact) mass is 434 g/mol. The van der Waals surface area contributed by atoms with Gasteiger partial charge in [0.25, 0.3) is 5.91 Å². The lowest BCUT2D eigenvalue weighted by molar-refractivity contribution is -0.116. The van der Waals surface area contributed by atoms with Crippen LogP contribution in [0.2, 0.25) is 0 Å². The second-order valence-corrected chi connectivity index (χ2v) is 6.78. The minimum absolute atomic E-state index is 0.0641. The second-order valence-electron chi connectivity index (χ2n) is 5.87. The summed E-state index contributed by atoms with van der Waals surface area (Å²) in [5.74, 6) is 0.571. The topological polar surface area (TPSA) is 76.7 Å². The van der Waals surface area contributed by atoms with Crippen LogP contribution in [0.25, 0.3) is 0 Å². The van der Waals surface area contributed by atoms with E-state index in [0.717, 1.165) is 17.3 Å². The summed E-state index contributed by atoms with van der Waals surface area (Å²) in [6, 6.07) is 10.3. The molecule has 2 aromatic rings. The van der Waals surface area contributed by atoms with Gasteiger partial charge in [-0.05, 0) is 36.8 Å². The Bertz CT molecular complexity index is 824. The normalized spacial score (nSPS) is 10.2. The lowest BCUT2D eigenvalue weighted by atomic mass is 10.1. The van der Waals surface area contributed by atoms with Crippen molar-refractivity contribution in [2.75, 3.05) is 24.9 Å². The van der Waals surface area contributed by atoms with E-state index >= 15 is 0 Å². The summed E-state index contributed by atoms with van der Waals surface area (Å²) in [5.41, 5.74) is 1.52. The minimum Gasteiger partial charge on any atom is -0.496 e. The average molecular weight is 435 g/mol. The number of unbranched alkanes of at least 4 members (excludes halogenated alkanes) is 1. The molecule has 27 heavy (non-hydrogen) atoms. The smallest absolute Gasteiger partial charge is 0.259 e. The number of benzene rings is 2. The summed E-state index contributed by atoms with van der Waals surface area (Å²) < 4.78 is 11.4. The molecule has 2 N–H and O–H groups in total. The zero-order chi connectivity index (χ0) is 19.8. The number of anilines is 2. The molecular formula is C20H23BrN2O4. The van der Waals surface area contributed by atoms with Gasteiger partial charge in [-0.25, -0.2) is 0 Å². The minimum atomic E-state index is -0.310. The highest BCUT2D eigenvalue weighted by atomic mass is 79.9. The molecule has 6 nitrogen and oxygen atoms in total. The summed E-state index contributed by atoms with van der Waals surface area (Å²) in [5, 5.41) is 5.65. The van der Waals surface area contributed by atoms with Gasteiger partial charge in [0, 0.05) is 22.6 Å². The van der Waals surface area contributed by atoms with Gasteiger partial charge in [-0.1, -0.05) is 29.3 Å². The summed E-state index contributed by atoms with van der Waals surface area (Å²) in [6.45, 7) is 2.03. The predicted molar refractivity (Wildman–Crippen MR) is 110 cm³/mol. The first-order chi connectivity index (χ1) is 13.0. The van der Waals surface area contributed by atoms with Gasteiger partial charge in [0.05, 0.1) is 25.5 Å². The first-order valence-corrected chi connectivity index (χ1v) is 9.40. The number of halogens is 1. The standard InChI is InChI=1S/C20H23BrN2O4/c1-4-5-6-19(24)23-16-9-8-14(12-18(16)27-3)22-20(25)15-11-13(21)7-10-17(15)26-2/h7-12H,4-6H2,1-3H3,(H,22,25)(H,23,24). The van der Waals surface area contributed by atoms with Crippen molar-refractivity contribution in [1.29, 1.82) is 0 Å². The molecule has 0 fully saturated rings. The Morgan fingerprint density at radius 1 is 1.00 bits per heavy atom. The highest BCUT2D eigenvalue weighted by Crippen LogP contribution is 2.29. The molecule has 0 spiro atoms. The maximum atomic E-state index is 12.6. The fourth-order valence-corrected chi connectivity index (χ4v) is 2.84. The van der Waals surface area contributed by atoms with E-state index in [1.807, 2.05) is 6.92 Å². The number of rotatable bonds is 8. The van der Waals surface area contributed by atoms with Crippen molar-refractivity contribution >= 4 is 39.1 Å². The third kappa shape index (κ3) is 5.72. The highest BCUT2D eigenvalue weighted by Gasteiger charge is 2.15. The fraction of sp³-hybridized carbons (Fsp3) is 0.300. The quantitative estimate of drug-likeness (QED) is 0.622. The molecule has 0 radical (unpaired) electrons. The zero-order valence-corrected chi connectivity index (χ0v) is 17.2. The van der Waals surface area contributed by atoms with E-state index in [4.69, 9.17) is 9.47 Å². The van der Waals surface area contributed by atoms with Crippen LogP contribution < -0.4 is 20.1 Å². The van der Waals surface area contributed by atoms with Crippen LogP contribution in [-0.2, 0) is 4.79 Å². The number of carbonyl (C=O) groups is 2. The van der Waals surface area contributed by atoms with E-state index in [0.29, 0.717) is 34.9 Å². The third-order valence-corrected chi connectivity index (χ3v) is 4.39. The molecule has 0 atom stereocenters. The van der Waals surface area contributed by atoms with Crippen LogP contribution >= 0.6 is 15.9 Å². The maximum Gasteiger partial charge on any atom is 0.259 e. The van der Waals surface area contributed by atoms with Gasteiger partial charge in [0.2, 0.25) is 5.91 Å². The van der Waals surface area contributed by atoms with Gasteiger partial charge < -0.3 is 20.1 Å². The van der Waals surface area contributed by atoms with Crippen LogP contribution in [0.4, 0.5) is 11.4 Å². The molecule has 0 heterocycles. The SMILES string of the molecule is CCCCC(=O)Nc1ccc(NC(=O)c2cc(Br)ccc2OC)cc1OC. The van der Waals surface area contributed by atoms with Gasteiger partial charge in [-0.3, -0.25) is 9.59 Å². The molecular weight excluding hydrogens is 412 g/mol. The van der Waals surface area contributed by atoms with Gasteiger partial charge >= 0.3 is 0 Å². The van der Waals surface area contributed by atoms with E-state index in [-0.39, 0.29) is 11.8 Å². The lowest BCUT2D eigenvalue weighted by Gasteiger charge is -2.13. The molecule has 0 bridgehead atoms. The van der Waals surface area contributed by atoms with Crippen LogP contribution in [0, 0.1) is 0 Å². The number of carbonyl (C=O) groups excluding carboxylic acids is 2. The maximum absolute atomic E-state index is 12.6. The van der Waals surface area contributed by atoms with E-state index in [2.05, 4.69) is 26.6 Å². The Hall–Kier alpha value is -2.54. The number of hydrogen-bond donors (Lipinski definition) is 2. The van der Waals surface area contributed by atoms with Gasteiger partial charge in [0.1, 0.15) is 11.5 Å². The van der Waals surface area contributed by atoms with Crippen LogP contribution in [-0.4, -0.2) is 26.0 Å². The highest BCUT2D eigenvalue weighted by molar-refractivity contribution is 9.10. The molecule has 144 valence electrons.